The molecule has 0 spiro atoms. The third-order valence-corrected chi connectivity index (χ3v) is 23.4. The molecule has 0 saturated heterocycles. The number of hydrogen-bond donors (Lipinski definition) is 0. The average Bonchev–Trinajstić information content (AvgIpc) is 0.728. The van der Waals surface area contributed by atoms with Gasteiger partial charge in [-0.25, -0.2) is 19.9 Å². The van der Waals surface area contributed by atoms with E-state index in [4.69, 9.17) is 48.4 Å². The van der Waals surface area contributed by atoms with Gasteiger partial charge in [0.25, 0.3) is 0 Å². The fourth-order valence-corrected chi connectivity index (χ4v) is 16.3. The molecule has 2 aromatic heterocycles. The fourth-order valence-electron chi connectivity index (χ4n) is 16.3. The fraction of sp³-hybridized carbons (Fsp3) is 0.725. The van der Waals surface area contributed by atoms with Crippen molar-refractivity contribution in [2.24, 2.45) is 0 Å². The normalized spacial score (nSPS) is 12.0. The summed E-state index contributed by atoms with van der Waals surface area (Å²) >= 11 is 0. The van der Waals surface area contributed by atoms with Crippen LogP contribution >= 0.6 is 0 Å². The number of ether oxygens (including phenoxy) is 6. The lowest BCUT2D eigenvalue weighted by atomic mass is 10.1. The maximum Gasteiger partial charge on any atom is 0.203 e. The zero-order chi connectivity index (χ0) is 80.0. The van der Waals surface area contributed by atoms with E-state index in [9.17, 15) is 0 Å². The summed E-state index contributed by atoms with van der Waals surface area (Å²) in [5.74, 6) is 7.27. The van der Waals surface area contributed by atoms with Crippen molar-refractivity contribution in [3.8, 4) is 34.5 Å². The molecule has 0 amide bonds. The number of anilines is 4. The molecule has 0 fully saturated rings. The van der Waals surface area contributed by atoms with E-state index < -0.39 is 0 Å². The molecule has 1 aliphatic heterocycles. The second-order valence-electron chi connectivity index (χ2n) is 33.9. The predicted molar refractivity (Wildman–Crippen MR) is 488 cm³/mol. The monoisotopic (exact) mass is 1570 g/mol. The molecule has 12 nitrogen and oxygen atoms in total. The highest BCUT2D eigenvalue weighted by Gasteiger charge is 2.36. The summed E-state index contributed by atoms with van der Waals surface area (Å²) in [5, 5.41) is 0. The largest absolute Gasteiger partial charge is 0.490 e. The minimum Gasteiger partial charge on any atom is -0.490 e. The Morgan fingerprint density at radius 1 is 0.202 bits per heavy atom. The summed E-state index contributed by atoms with van der Waals surface area (Å²) in [4.78, 5) is 27.1. The molecule has 640 valence electrons. The van der Waals surface area contributed by atoms with Crippen LogP contribution in [0.2, 0.25) is 0 Å². The Bertz CT molecular complexity index is 2960. The second kappa shape index (κ2) is 63.1. The molecular formula is C102H166N6O6. The van der Waals surface area contributed by atoms with Gasteiger partial charge in [0.1, 0.15) is 0 Å². The molecule has 7 rings (SSSR count). The first kappa shape index (κ1) is 95.1. The smallest absolute Gasteiger partial charge is 0.203 e. The van der Waals surface area contributed by atoms with Crippen LogP contribution in [-0.2, 0) is 13.1 Å². The van der Waals surface area contributed by atoms with Crippen molar-refractivity contribution in [1.29, 1.82) is 0 Å². The van der Waals surface area contributed by atoms with E-state index in [-0.39, 0.29) is 0 Å². The highest BCUT2D eigenvalue weighted by Crippen LogP contribution is 2.50. The van der Waals surface area contributed by atoms with Crippen molar-refractivity contribution in [2.75, 3.05) is 49.4 Å². The van der Waals surface area contributed by atoms with E-state index in [1.165, 1.54) is 308 Å². The van der Waals surface area contributed by atoms with Crippen molar-refractivity contribution in [1.82, 2.24) is 19.9 Å². The molecule has 0 radical (unpaired) electrons. The SMILES string of the molecule is CCCCCCCCCCCCOc1cc(CN2c3nc4ccccc4nc3N(Cc3cc(OCCCCCCCCCCCC)c(OCCCCCCCCCCCC)c(OCCCCCCCCCCCC)c3)c3nc4ccccc4nc32)cc(OCCCCCCCCCCCC)c1OCCCCCCCCCCCC. The van der Waals surface area contributed by atoms with Gasteiger partial charge in [-0.3, -0.25) is 0 Å². The van der Waals surface area contributed by atoms with Crippen LogP contribution in [0.3, 0.4) is 0 Å². The summed E-state index contributed by atoms with van der Waals surface area (Å²) in [7, 11) is 0. The minimum absolute atomic E-state index is 0.398. The Balaban J connectivity index is 1.24. The topological polar surface area (TPSA) is 113 Å². The predicted octanol–water partition coefficient (Wildman–Crippen LogP) is 32.4. The van der Waals surface area contributed by atoms with Crippen molar-refractivity contribution in [3.05, 3.63) is 83.9 Å². The molecule has 0 unspecified atom stereocenters. The van der Waals surface area contributed by atoms with Crippen molar-refractivity contribution < 1.29 is 28.4 Å². The first-order chi connectivity index (χ1) is 56.5. The lowest BCUT2D eigenvalue weighted by Crippen LogP contribution is -2.32. The van der Waals surface area contributed by atoms with Gasteiger partial charge >= 0.3 is 0 Å². The van der Waals surface area contributed by atoms with E-state index in [0.717, 1.165) is 145 Å². The van der Waals surface area contributed by atoms with Crippen molar-refractivity contribution in [3.63, 3.8) is 0 Å². The number of hydrogen-bond acceptors (Lipinski definition) is 12. The summed E-state index contributed by atoms with van der Waals surface area (Å²) in [6, 6.07) is 25.5. The lowest BCUT2D eigenvalue weighted by Gasteiger charge is -2.37. The van der Waals surface area contributed by atoms with Crippen LogP contribution in [0.25, 0.3) is 22.1 Å². The minimum atomic E-state index is 0.398. The molecule has 12 heteroatoms. The standard InChI is InChI=1S/C102H166N6O6/c1-7-13-19-25-31-37-43-49-55-65-75-109-93-81-87(82-94(110-76-66-56-50-44-38-32-26-20-14-8-2)97(93)113-79-69-59-53-47-41-35-29-23-17-11-5)85-107-99-101(105-91-73-63-61-71-89(91)103-99)108(102-100(107)104-90-72-62-64-74-92(90)106-102)86-88-83-95(111-77-67-57-51-45-39-33-27-21-15-9-3)98(114-80-70-60-54-48-42-36-30-24-18-12-6)96(84-88)112-78-68-58-52-46-40-34-28-22-16-10-4/h61-64,71-74,81-84H,7-60,65-70,75-80,85-86H2,1-6H3. The molecule has 0 bridgehead atoms. The van der Waals surface area contributed by atoms with Gasteiger partial charge in [0.2, 0.25) is 11.5 Å². The van der Waals surface area contributed by atoms with Gasteiger partial charge < -0.3 is 38.2 Å². The van der Waals surface area contributed by atoms with Crippen LogP contribution in [0.4, 0.5) is 23.3 Å². The van der Waals surface area contributed by atoms with Crippen molar-refractivity contribution >= 4 is 45.3 Å². The van der Waals surface area contributed by atoms with Gasteiger partial charge in [-0.2, -0.15) is 0 Å². The summed E-state index contributed by atoms with van der Waals surface area (Å²) < 4.78 is 42.3. The number of benzene rings is 4. The first-order valence-corrected chi connectivity index (χ1v) is 48.7. The highest BCUT2D eigenvalue weighted by atomic mass is 16.5. The Labute approximate surface area is 697 Å². The van der Waals surface area contributed by atoms with E-state index in [1.54, 1.807) is 0 Å². The number of rotatable bonds is 76. The zero-order valence-electron chi connectivity index (χ0n) is 74.1. The quantitative estimate of drug-likeness (QED) is 0.0339. The molecular weight excluding hydrogens is 1410 g/mol. The van der Waals surface area contributed by atoms with Gasteiger partial charge in [-0.1, -0.05) is 413 Å². The molecule has 0 aliphatic carbocycles. The maximum absolute atomic E-state index is 7.07. The zero-order valence-corrected chi connectivity index (χ0v) is 74.1. The van der Waals surface area contributed by atoms with Gasteiger partial charge in [-0.05, 0) is 98.2 Å². The Hall–Kier alpha value is -6.04. The number of unbranched alkanes of at least 4 members (excludes halogenated alkanes) is 54. The van der Waals surface area contributed by atoms with E-state index >= 15 is 0 Å². The van der Waals surface area contributed by atoms with Crippen molar-refractivity contribution in [2.45, 2.75) is 440 Å². The van der Waals surface area contributed by atoms with Crippen LogP contribution in [0.15, 0.2) is 72.8 Å². The van der Waals surface area contributed by atoms with Crippen LogP contribution in [0.5, 0.6) is 34.5 Å². The second-order valence-corrected chi connectivity index (χ2v) is 33.9. The third-order valence-electron chi connectivity index (χ3n) is 23.4. The molecule has 1 aliphatic rings. The number of aromatic nitrogens is 4. The van der Waals surface area contributed by atoms with Crippen LogP contribution in [-0.4, -0.2) is 59.6 Å². The van der Waals surface area contributed by atoms with Gasteiger partial charge in [0.05, 0.1) is 74.8 Å². The van der Waals surface area contributed by atoms with E-state index in [0.29, 0.717) is 76.0 Å². The molecule has 114 heavy (non-hydrogen) atoms. The lowest BCUT2D eigenvalue weighted by molar-refractivity contribution is 0.234. The summed E-state index contributed by atoms with van der Waals surface area (Å²) in [6.45, 7) is 18.3. The van der Waals surface area contributed by atoms with Crippen LogP contribution in [0.1, 0.15) is 438 Å². The molecule has 3 heterocycles. The van der Waals surface area contributed by atoms with Crippen LogP contribution in [0, 0.1) is 0 Å². The van der Waals surface area contributed by atoms with Gasteiger partial charge in [0, 0.05) is 0 Å². The van der Waals surface area contributed by atoms with Gasteiger partial charge in [0.15, 0.2) is 46.3 Å². The number of nitrogens with zero attached hydrogens (tertiary/aromatic N) is 6. The Morgan fingerprint density at radius 2 is 0.360 bits per heavy atom. The Morgan fingerprint density at radius 3 is 0.535 bits per heavy atom. The average molecular weight is 1570 g/mol. The van der Waals surface area contributed by atoms with E-state index in [1.807, 2.05) is 0 Å². The Kier molecular flexibility index (Phi) is 52.6. The first-order valence-electron chi connectivity index (χ1n) is 48.7. The molecule has 0 saturated carbocycles. The van der Waals surface area contributed by atoms with Crippen LogP contribution < -0.4 is 38.2 Å². The maximum atomic E-state index is 7.07. The number of fused-ring (bicyclic) bond motifs is 4. The van der Waals surface area contributed by atoms with Gasteiger partial charge in [-0.15, -0.1) is 0 Å². The molecule has 0 N–H and O–H groups in total. The summed E-state index contributed by atoms with van der Waals surface area (Å²) in [6.07, 6.45) is 76.0. The number of para-hydroxylation sites is 4. The van der Waals surface area contributed by atoms with E-state index in [2.05, 4.69) is 124 Å². The third kappa shape index (κ3) is 38.6. The molecule has 0 atom stereocenters. The highest BCUT2D eigenvalue weighted by molar-refractivity contribution is 5.93. The molecule has 4 aromatic carbocycles. The summed E-state index contributed by atoms with van der Waals surface area (Å²) in [5.41, 5.74) is 5.26. The molecule has 6 aromatic rings.